The van der Waals surface area contributed by atoms with Crippen LogP contribution in [-0.4, -0.2) is 10.5 Å². The van der Waals surface area contributed by atoms with E-state index in [4.69, 9.17) is 5.73 Å². The molecule has 1 saturated carbocycles. The smallest absolute Gasteiger partial charge is 0.106 e. The van der Waals surface area contributed by atoms with Gasteiger partial charge >= 0.3 is 0 Å². The predicted octanol–water partition coefficient (Wildman–Crippen LogP) is 1.24. The van der Waals surface area contributed by atoms with Gasteiger partial charge in [-0.15, -0.1) is 11.3 Å². The molecule has 0 amide bonds. The summed E-state index contributed by atoms with van der Waals surface area (Å²) in [6.45, 7) is 3.69. The first kappa shape index (κ1) is 9.12. The van der Waals surface area contributed by atoms with Crippen molar-refractivity contribution in [1.82, 2.24) is 10.3 Å². The number of nitrogens with zero attached hydrogens (tertiary/aromatic N) is 1. The Balaban J connectivity index is 1.87. The van der Waals surface area contributed by atoms with Gasteiger partial charge in [-0.2, -0.15) is 0 Å². The lowest BCUT2D eigenvalue weighted by Gasteiger charge is -2.08. The summed E-state index contributed by atoms with van der Waals surface area (Å²) in [6, 6.07) is 0. The Bertz CT molecular complexity index is 291. The number of hydrogen-bond acceptors (Lipinski definition) is 4. The zero-order chi connectivity index (χ0) is 9.31. The molecule has 0 spiro atoms. The van der Waals surface area contributed by atoms with Crippen LogP contribution in [0.3, 0.4) is 0 Å². The Morgan fingerprint density at radius 3 is 3.00 bits per heavy atom. The summed E-state index contributed by atoms with van der Waals surface area (Å²) >= 11 is 1.64. The van der Waals surface area contributed by atoms with Crippen LogP contribution >= 0.6 is 11.3 Å². The van der Waals surface area contributed by atoms with Crippen molar-refractivity contribution >= 4 is 11.3 Å². The van der Waals surface area contributed by atoms with Gasteiger partial charge in [0.2, 0.25) is 0 Å². The van der Waals surface area contributed by atoms with Gasteiger partial charge in [-0.3, -0.25) is 0 Å². The molecule has 0 aromatic carbocycles. The van der Waals surface area contributed by atoms with Gasteiger partial charge in [0.05, 0.1) is 5.69 Å². The SMILES string of the molecule is CC1(NCc2csc(CN)n2)CC1. The van der Waals surface area contributed by atoms with Crippen LogP contribution < -0.4 is 11.1 Å². The normalized spacial score (nSPS) is 18.9. The molecule has 1 aromatic heterocycles. The Morgan fingerprint density at radius 1 is 1.69 bits per heavy atom. The van der Waals surface area contributed by atoms with Crippen LogP contribution in [0.5, 0.6) is 0 Å². The molecule has 13 heavy (non-hydrogen) atoms. The Hall–Kier alpha value is -0.450. The maximum atomic E-state index is 5.48. The van der Waals surface area contributed by atoms with Gasteiger partial charge in [0.1, 0.15) is 5.01 Å². The topological polar surface area (TPSA) is 50.9 Å². The van der Waals surface area contributed by atoms with E-state index in [9.17, 15) is 0 Å². The maximum Gasteiger partial charge on any atom is 0.106 e. The van der Waals surface area contributed by atoms with Crippen molar-refractivity contribution in [1.29, 1.82) is 0 Å². The van der Waals surface area contributed by atoms with Gasteiger partial charge in [0.15, 0.2) is 0 Å². The van der Waals surface area contributed by atoms with Gasteiger partial charge in [-0.1, -0.05) is 0 Å². The molecule has 0 aliphatic heterocycles. The van der Waals surface area contributed by atoms with Crippen molar-refractivity contribution in [2.75, 3.05) is 0 Å². The fraction of sp³-hybridized carbons (Fsp3) is 0.667. The van der Waals surface area contributed by atoms with Crippen LogP contribution in [0.1, 0.15) is 30.5 Å². The quantitative estimate of drug-likeness (QED) is 0.763. The molecule has 1 aromatic rings. The first-order valence-electron chi connectivity index (χ1n) is 4.60. The van der Waals surface area contributed by atoms with Gasteiger partial charge in [0.25, 0.3) is 0 Å². The molecule has 1 aliphatic carbocycles. The first-order valence-corrected chi connectivity index (χ1v) is 5.48. The molecular weight excluding hydrogens is 182 g/mol. The van der Waals surface area contributed by atoms with E-state index in [-0.39, 0.29) is 0 Å². The van der Waals surface area contributed by atoms with Gasteiger partial charge in [0, 0.05) is 24.0 Å². The standard InChI is InChI=1S/C9H15N3S/c1-9(2-3-9)11-5-7-6-13-8(4-10)12-7/h6,11H,2-5,10H2,1H3. The van der Waals surface area contributed by atoms with Crippen molar-refractivity contribution in [2.24, 2.45) is 5.73 Å². The third kappa shape index (κ3) is 2.27. The van der Waals surface area contributed by atoms with Crippen LogP contribution in [0.2, 0.25) is 0 Å². The van der Waals surface area contributed by atoms with E-state index < -0.39 is 0 Å². The fourth-order valence-corrected chi connectivity index (χ4v) is 1.87. The average Bonchev–Trinajstić information content (AvgIpc) is 2.69. The number of thiazole rings is 1. The van der Waals surface area contributed by atoms with Crippen LogP contribution in [0, 0.1) is 0 Å². The third-order valence-corrected chi connectivity index (χ3v) is 3.39. The Labute approximate surface area is 82.4 Å². The van der Waals surface area contributed by atoms with Crippen molar-refractivity contribution in [3.8, 4) is 0 Å². The van der Waals surface area contributed by atoms with Crippen LogP contribution in [0.4, 0.5) is 0 Å². The first-order chi connectivity index (χ1) is 6.22. The lowest BCUT2D eigenvalue weighted by atomic mass is 10.3. The third-order valence-electron chi connectivity index (χ3n) is 2.47. The second kappa shape index (κ2) is 3.36. The highest BCUT2D eigenvalue weighted by molar-refractivity contribution is 7.09. The van der Waals surface area contributed by atoms with Gasteiger partial charge in [-0.25, -0.2) is 4.98 Å². The monoisotopic (exact) mass is 197 g/mol. The highest BCUT2D eigenvalue weighted by Crippen LogP contribution is 2.34. The summed E-state index contributed by atoms with van der Waals surface area (Å²) in [7, 11) is 0. The molecule has 0 unspecified atom stereocenters. The summed E-state index contributed by atoms with van der Waals surface area (Å²) in [5, 5.41) is 6.60. The van der Waals surface area contributed by atoms with E-state index >= 15 is 0 Å². The molecule has 0 saturated heterocycles. The summed E-state index contributed by atoms with van der Waals surface area (Å²) < 4.78 is 0. The van der Waals surface area contributed by atoms with Gasteiger partial charge in [-0.05, 0) is 19.8 Å². The number of nitrogens with two attached hydrogens (primary N) is 1. The zero-order valence-electron chi connectivity index (χ0n) is 7.84. The zero-order valence-corrected chi connectivity index (χ0v) is 8.66. The summed E-state index contributed by atoms with van der Waals surface area (Å²) in [5.41, 5.74) is 7.00. The molecule has 0 radical (unpaired) electrons. The van der Waals surface area contributed by atoms with E-state index in [2.05, 4.69) is 22.6 Å². The maximum absolute atomic E-state index is 5.48. The molecule has 4 heteroatoms. The van der Waals surface area contributed by atoms with Crippen molar-refractivity contribution in [3.05, 3.63) is 16.1 Å². The summed E-state index contributed by atoms with van der Waals surface area (Å²) in [6.07, 6.45) is 2.59. The second-order valence-electron chi connectivity index (χ2n) is 3.85. The van der Waals surface area contributed by atoms with Crippen LogP contribution in [0.15, 0.2) is 5.38 Å². The lowest BCUT2D eigenvalue weighted by Crippen LogP contribution is -2.27. The van der Waals surface area contributed by atoms with E-state index in [1.54, 1.807) is 11.3 Å². The van der Waals surface area contributed by atoms with Gasteiger partial charge < -0.3 is 11.1 Å². The van der Waals surface area contributed by atoms with Crippen molar-refractivity contribution in [2.45, 2.75) is 38.4 Å². The highest BCUT2D eigenvalue weighted by atomic mass is 32.1. The van der Waals surface area contributed by atoms with E-state index in [1.165, 1.54) is 12.8 Å². The molecule has 1 heterocycles. The molecule has 3 nitrogen and oxygen atoms in total. The average molecular weight is 197 g/mol. The van der Waals surface area contributed by atoms with Crippen LogP contribution in [-0.2, 0) is 13.1 Å². The number of nitrogens with one attached hydrogen (secondary N) is 1. The highest BCUT2D eigenvalue weighted by Gasteiger charge is 2.36. The minimum atomic E-state index is 0.395. The molecule has 72 valence electrons. The minimum Gasteiger partial charge on any atom is -0.325 e. The molecule has 3 N–H and O–H groups in total. The predicted molar refractivity (Wildman–Crippen MR) is 54.5 cm³/mol. The molecular formula is C9H15N3S. The Morgan fingerprint density at radius 2 is 2.46 bits per heavy atom. The summed E-state index contributed by atoms with van der Waals surface area (Å²) in [5.74, 6) is 0. The van der Waals surface area contributed by atoms with Crippen molar-refractivity contribution < 1.29 is 0 Å². The molecule has 1 fully saturated rings. The van der Waals surface area contributed by atoms with Crippen molar-refractivity contribution in [3.63, 3.8) is 0 Å². The van der Waals surface area contributed by atoms with E-state index in [0.717, 1.165) is 17.2 Å². The molecule has 1 aliphatic rings. The number of hydrogen-bond donors (Lipinski definition) is 2. The molecule has 0 bridgehead atoms. The number of aromatic nitrogens is 1. The van der Waals surface area contributed by atoms with E-state index in [0.29, 0.717) is 12.1 Å². The largest absolute Gasteiger partial charge is 0.325 e. The molecule has 2 rings (SSSR count). The fourth-order valence-electron chi connectivity index (χ4n) is 1.19. The molecule has 0 atom stereocenters. The Kier molecular flexibility index (Phi) is 2.36. The lowest BCUT2D eigenvalue weighted by molar-refractivity contribution is 0.532. The summed E-state index contributed by atoms with van der Waals surface area (Å²) in [4.78, 5) is 4.39. The number of rotatable bonds is 4. The second-order valence-corrected chi connectivity index (χ2v) is 4.79. The van der Waals surface area contributed by atoms with Crippen LogP contribution in [0.25, 0.3) is 0 Å². The minimum absolute atomic E-state index is 0.395. The van der Waals surface area contributed by atoms with E-state index in [1.807, 2.05) is 0 Å².